The van der Waals surface area contributed by atoms with E-state index in [9.17, 15) is 9.59 Å². The molecule has 1 atom stereocenters. The van der Waals surface area contributed by atoms with Gasteiger partial charge in [0.05, 0.1) is 13.0 Å². The normalized spacial score (nSPS) is 16.1. The zero-order valence-electron chi connectivity index (χ0n) is 14.7. The quantitative estimate of drug-likeness (QED) is 0.797. The Morgan fingerprint density at radius 3 is 2.70 bits per heavy atom. The maximum absolute atomic E-state index is 12.6. The number of carbonyl (C=O) groups excluding carboxylic acids is 2. The van der Waals surface area contributed by atoms with E-state index < -0.39 is 6.04 Å². The number of nitrogens with zero attached hydrogens (tertiary/aromatic N) is 1. The maximum atomic E-state index is 12.6. The topological polar surface area (TPSA) is 67.9 Å². The van der Waals surface area contributed by atoms with Gasteiger partial charge in [-0.2, -0.15) is 0 Å². The van der Waals surface area contributed by atoms with Crippen LogP contribution in [0.2, 0.25) is 5.02 Å². The molecule has 1 unspecified atom stereocenters. The molecule has 142 valence electrons. The van der Waals surface area contributed by atoms with Gasteiger partial charge in [-0.05, 0) is 42.5 Å². The second-order valence-electron chi connectivity index (χ2n) is 5.84. The first-order valence-corrected chi connectivity index (χ1v) is 9.80. The molecule has 0 radical (unpaired) electrons. The van der Waals surface area contributed by atoms with Crippen molar-refractivity contribution in [2.45, 2.75) is 6.04 Å². The van der Waals surface area contributed by atoms with Gasteiger partial charge in [0.25, 0.3) is 5.91 Å². The van der Waals surface area contributed by atoms with Crippen molar-refractivity contribution in [1.29, 1.82) is 0 Å². The Hall–Kier alpha value is -2.38. The van der Waals surface area contributed by atoms with Gasteiger partial charge in [-0.15, -0.1) is 11.8 Å². The number of benzene rings is 2. The number of anilines is 1. The monoisotopic (exact) mass is 406 g/mol. The summed E-state index contributed by atoms with van der Waals surface area (Å²) in [6, 6.07) is 13.4. The number of hydrogen-bond acceptors (Lipinski definition) is 5. The molecule has 1 saturated heterocycles. The van der Waals surface area contributed by atoms with E-state index in [1.807, 2.05) is 0 Å². The van der Waals surface area contributed by atoms with Crippen molar-refractivity contribution in [3.8, 4) is 11.5 Å². The number of ether oxygens (including phenoxy) is 2. The minimum atomic E-state index is -0.535. The molecule has 0 aliphatic carbocycles. The van der Waals surface area contributed by atoms with Crippen LogP contribution in [-0.4, -0.2) is 48.1 Å². The van der Waals surface area contributed by atoms with Crippen LogP contribution in [0, 0.1) is 0 Å². The van der Waals surface area contributed by atoms with Crippen LogP contribution >= 0.6 is 23.4 Å². The van der Waals surface area contributed by atoms with Gasteiger partial charge >= 0.3 is 0 Å². The minimum absolute atomic E-state index is 0.146. The van der Waals surface area contributed by atoms with Crippen LogP contribution in [0.4, 0.5) is 5.69 Å². The zero-order valence-corrected chi connectivity index (χ0v) is 16.3. The van der Waals surface area contributed by atoms with E-state index in [-0.39, 0.29) is 18.4 Å². The molecule has 1 N–H and O–H groups in total. The lowest BCUT2D eigenvalue weighted by Gasteiger charge is -2.23. The van der Waals surface area contributed by atoms with Gasteiger partial charge in [-0.1, -0.05) is 17.7 Å². The van der Waals surface area contributed by atoms with E-state index in [4.69, 9.17) is 21.1 Å². The molecule has 1 heterocycles. The lowest BCUT2D eigenvalue weighted by molar-refractivity contribution is -0.137. The summed E-state index contributed by atoms with van der Waals surface area (Å²) in [6.07, 6.45) is 0. The maximum Gasteiger partial charge on any atom is 0.261 e. The van der Waals surface area contributed by atoms with E-state index >= 15 is 0 Å². The van der Waals surface area contributed by atoms with Crippen LogP contribution in [0.3, 0.4) is 0 Å². The summed E-state index contributed by atoms with van der Waals surface area (Å²) >= 11 is 7.44. The van der Waals surface area contributed by atoms with Gasteiger partial charge in [0, 0.05) is 16.5 Å². The lowest BCUT2D eigenvalue weighted by atomic mass is 10.2. The molecule has 8 heteroatoms. The molecule has 0 bridgehead atoms. The van der Waals surface area contributed by atoms with Gasteiger partial charge in [0.2, 0.25) is 5.91 Å². The largest absolute Gasteiger partial charge is 0.497 e. The smallest absolute Gasteiger partial charge is 0.261 e. The average Bonchev–Trinajstić information content (AvgIpc) is 3.17. The Labute approximate surface area is 166 Å². The highest BCUT2D eigenvalue weighted by atomic mass is 35.5. The minimum Gasteiger partial charge on any atom is -0.497 e. The Morgan fingerprint density at radius 1 is 1.22 bits per heavy atom. The number of thioether (sulfide) groups is 1. The summed E-state index contributed by atoms with van der Waals surface area (Å²) in [4.78, 5) is 26.6. The van der Waals surface area contributed by atoms with Crippen LogP contribution in [0.15, 0.2) is 48.5 Å². The van der Waals surface area contributed by atoms with Crippen molar-refractivity contribution in [2.24, 2.45) is 0 Å². The fraction of sp³-hybridized carbons (Fsp3) is 0.263. The molecular weight excluding hydrogens is 388 g/mol. The first-order chi connectivity index (χ1) is 13.1. The number of nitrogens with one attached hydrogen (secondary N) is 1. The van der Waals surface area contributed by atoms with Gasteiger partial charge in [0.1, 0.15) is 17.5 Å². The summed E-state index contributed by atoms with van der Waals surface area (Å²) in [5, 5.41) is 3.38. The third-order valence-corrected chi connectivity index (χ3v) is 5.27. The van der Waals surface area contributed by atoms with Crippen molar-refractivity contribution in [1.82, 2.24) is 4.90 Å². The molecule has 3 rings (SSSR count). The van der Waals surface area contributed by atoms with Crippen LogP contribution in [0.1, 0.15) is 0 Å². The highest BCUT2D eigenvalue weighted by Crippen LogP contribution is 2.24. The number of amides is 2. The van der Waals surface area contributed by atoms with Crippen LogP contribution < -0.4 is 14.8 Å². The van der Waals surface area contributed by atoms with Crippen molar-refractivity contribution in [3.05, 3.63) is 53.6 Å². The van der Waals surface area contributed by atoms with Crippen LogP contribution in [0.5, 0.6) is 11.5 Å². The van der Waals surface area contributed by atoms with Gasteiger partial charge in [-0.3, -0.25) is 9.59 Å². The molecule has 0 spiro atoms. The Balaban J connectivity index is 1.58. The highest BCUT2D eigenvalue weighted by molar-refractivity contribution is 7.99. The Kier molecular flexibility index (Phi) is 6.47. The molecule has 1 fully saturated rings. The van der Waals surface area contributed by atoms with E-state index in [0.29, 0.717) is 33.8 Å². The molecular formula is C19H19ClN2O4S. The van der Waals surface area contributed by atoms with Crippen molar-refractivity contribution >= 4 is 40.9 Å². The second-order valence-corrected chi connectivity index (χ2v) is 7.28. The third kappa shape index (κ3) is 5.08. The molecule has 2 amide bonds. The molecule has 2 aromatic carbocycles. The van der Waals surface area contributed by atoms with Gasteiger partial charge in [-0.25, -0.2) is 0 Å². The van der Waals surface area contributed by atoms with Crippen LogP contribution in [-0.2, 0) is 9.59 Å². The van der Waals surface area contributed by atoms with Crippen molar-refractivity contribution in [2.75, 3.05) is 30.7 Å². The number of hydrogen-bond donors (Lipinski definition) is 1. The van der Waals surface area contributed by atoms with Gasteiger partial charge < -0.3 is 19.7 Å². The summed E-state index contributed by atoms with van der Waals surface area (Å²) in [7, 11) is 1.58. The van der Waals surface area contributed by atoms with E-state index in [2.05, 4.69) is 5.32 Å². The van der Waals surface area contributed by atoms with Gasteiger partial charge in [0.15, 0.2) is 6.61 Å². The summed E-state index contributed by atoms with van der Waals surface area (Å²) in [5.74, 6) is 1.76. The van der Waals surface area contributed by atoms with Crippen LogP contribution in [0.25, 0.3) is 0 Å². The fourth-order valence-electron chi connectivity index (χ4n) is 2.59. The van der Waals surface area contributed by atoms with Crippen molar-refractivity contribution in [3.63, 3.8) is 0 Å². The standard InChI is InChI=1S/C19H19ClN2O4S/c1-25-15-7-5-14(6-8-15)21-19(24)17-11-27-12-22(17)18(23)10-26-16-4-2-3-13(20)9-16/h2-9,17H,10-12H2,1H3,(H,21,24). The first kappa shape index (κ1) is 19.4. The predicted octanol–water partition coefficient (Wildman–Crippen LogP) is 3.27. The van der Waals surface area contributed by atoms with E-state index in [1.54, 1.807) is 55.6 Å². The summed E-state index contributed by atoms with van der Waals surface area (Å²) in [5.41, 5.74) is 0.653. The van der Waals surface area contributed by atoms with E-state index in [1.165, 1.54) is 16.7 Å². The first-order valence-electron chi connectivity index (χ1n) is 8.27. The Morgan fingerprint density at radius 2 is 2.00 bits per heavy atom. The fourth-order valence-corrected chi connectivity index (χ4v) is 3.95. The molecule has 1 aliphatic rings. The molecule has 6 nitrogen and oxygen atoms in total. The summed E-state index contributed by atoms with van der Waals surface area (Å²) < 4.78 is 10.6. The summed E-state index contributed by atoms with van der Waals surface area (Å²) in [6.45, 7) is -0.146. The highest BCUT2D eigenvalue weighted by Gasteiger charge is 2.34. The predicted molar refractivity (Wildman–Crippen MR) is 107 cm³/mol. The molecule has 0 saturated carbocycles. The number of carbonyl (C=O) groups is 2. The van der Waals surface area contributed by atoms with E-state index in [0.717, 1.165) is 0 Å². The number of halogens is 1. The third-order valence-electron chi connectivity index (χ3n) is 4.02. The average molecular weight is 407 g/mol. The molecule has 27 heavy (non-hydrogen) atoms. The Bertz CT molecular complexity index is 816. The van der Waals surface area contributed by atoms with Crippen molar-refractivity contribution < 1.29 is 19.1 Å². The number of methoxy groups -OCH3 is 1. The number of rotatable bonds is 6. The molecule has 0 aromatic heterocycles. The molecule has 1 aliphatic heterocycles. The second kappa shape index (κ2) is 9.01. The zero-order chi connectivity index (χ0) is 19.2. The lowest BCUT2D eigenvalue weighted by Crippen LogP contribution is -2.46. The molecule has 2 aromatic rings. The SMILES string of the molecule is COc1ccc(NC(=O)C2CSCN2C(=O)COc2cccc(Cl)c2)cc1.